The third-order valence-electron chi connectivity index (χ3n) is 4.52. The van der Waals surface area contributed by atoms with Crippen molar-refractivity contribution in [2.75, 3.05) is 7.11 Å². The fraction of sp³-hybridized carbons (Fsp3) is 0.471. The minimum absolute atomic E-state index is 0.329. The van der Waals surface area contributed by atoms with Crippen LogP contribution in [0.15, 0.2) is 23.8 Å². The third kappa shape index (κ3) is 2.20. The van der Waals surface area contributed by atoms with Crippen LogP contribution in [0.25, 0.3) is 5.57 Å². The maximum Gasteiger partial charge on any atom is 0.140 e. The highest BCUT2D eigenvalue weighted by atomic mass is 16.5. The number of hydrogen-bond acceptors (Lipinski definition) is 2. The van der Waals surface area contributed by atoms with Crippen molar-refractivity contribution in [3.8, 4) is 5.75 Å². The second-order valence-corrected chi connectivity index (χ2v) is 5.73. The molecule has 2 aliphatic rings. The molecule has 0 aromatic heterocycles. The van der Waals surface area contributed by atoms with Gasteiger partial charge in [-0.25, -0.2) is 0 Å². The molecule has 2 aliphatic carbocycles. The summed E-state index contributed by atoms with van der Waals surface area (Å²) >= 11 is 0. The van der Waals surface area contributed by atoms with E-state index in [0.29, 0.717) is 18.1 Å². The summed E-state index contributed by atoms with van der Waals surface area (Å²) in [5.74, 6) is 1.63. The molecule has 1 aromatic carbocycles. The van der Waals surface area contributed by atoms with E-state index in [1.54, 1.807) is 7.11 Å². The van der Waals surface area contributed by atoms with Gasteiger partial charge in [0.05, 0.1) is 7.11 Å². The van der Waals surface area contributed by atoms with Crippen LogP contribution >= 0.6 is 0 Å². The lowest BCUT2D eigenvalue weighted by molar-refractivity contribution is -0.124. The van der Waals surface area contributed by atoms with Crippen molar-refractivity contribution in [2.24, 2.45) is 5.92 Å². The van der Waals surface area contributed by atoms with Crippen molar-refractivity contribution < 1.29 is 9.53 Å². The van der Waals surface area contributed by atoms with Crippen LogP contribution < -0.4 is 4.74 Å². The van der Waals surface area contributed by atoms with Crippen molar-refractivity contribution in [1.82, 2.24) is 0 Å². The minimum Gasteiger partial charge on any atom is -0.497 e. The number of allylic oxidation sites excluding steroid dienone is 2. The Morgan fingerprint density at radius 2 is 2.16 bits per heavy atom. The average Bonchev–Trinajstić information content (AvgIpc) is 2.63. The Bertz CT molecular complexity index is 550. The van der Waals surface area contributed by atoms with E-state index in [-0.39, 0.29) is 0 Å². The van der Waals surface area contributed by atoms with Gasteiger partial charge in [-0.1, -0.05) is 18.1 Å². The predicted molar refractivity (Wildman–Crippen MR) is 76.3 cm³/mol. The first kappa shape index (κ1) is 12.5. The molecule has 1 aromatic rings. The monoisotopic (exact) mass is 256 g/mol. The molecule has 0 aliphatic heterocycles. The fourth-order valence-corrected chi connectivity index (χ4v) is 3.03. The highest BCUT2D eigenvalue weighted by Crippen LogP contribution is 2.39. The topological polar surface area (TPSA) is 26.3 Å². The lowest BCUT2D eigenvalue weighted by Crippen LogP contribution is -2.21. The van der Waals surface area contributed by atoms with Crippen LogP contribution in [0.4, 0.5) is 0 Å². The van der Waals surface area contributed by atoms with Crippen LogP contribution in [0.1, 0.15) is 43.7 Å². The maximum absolute atomic E-state index is 12.2. The predicted octanol–water partition coefficient (Wildman–Crippen LogP) is 3.78. The fourth-order valence-electron chi connectivity index (χ4n) is 3.03. The highest BCUT2D eigenvalue weighted by molar-refractivity contribution is 5.94. The Hall–Kier alpha value is -1.57. The number of carbonyl (C=O) groups excluding carboxylic acids is 1. The summed E-state index contributed by atoms with van der Waals surface area (Å²) in [6.07, 6.45) is 4.99. The number of fused-ring (bicyclic) bond motifs is 1. The van der Waals surface area contributed by atoms with Gasteiger partial charge in [0, 0.05) is 12.3 Å². The van der Waals surface area contributed by atoms with Gasteiger partial charge in [0.2, 0.25) is 0 Å². The van der Waals surface area contributed by atoms with E-state index in [1.807, 2.05) is 6.07 Å². The smallest absolute Gasteiger partial charge is 0.140 e. The first-order valence-electron chi connectivity index (χ1n) is 7.07. The van der Waals surface area contributed by atoms with E-state index in [1.165, 1.54) is 28.7 Å². The summed E-state index contributed by atoms with van der Waals surface area (Å²) in [6, 6.07) is 6.20. The van der Waals surface area contributed by atoms with Crippen molar-refractivity contribution in [2.45, 2.75) is 39.0 Å². The first-order valence-corrected chi connectivity index (χ1v) is 7.07. The number of Topliss-reactive ketones (excluding diaryl/α,β-unsaturated/α-hetero) is 1. The molecule has 2 nitrogen and oxygen atoms in total. The van der Waals surface area contributed by atoms with Gasteiger partial charge in [-0.15, -0.1) is 0 Å². The molecule has 1 saturated carbocycles. The zero-order valence-electron chi connectivity index (χ0n) is 11.7. The summed E-state index contributed by atoms with van der Waals surface area (Å²) in [5.41, 5.74) is 5.14. The van der Waals surface area contributed by atoms with Gasteiger partial charge < -0.3 is 4.74 Å². The van der Waals surface area contributed by atoms with Gasteiger partial charge in [-0.05, 0) is 55.0 Å². The van der Waals surface area contributed by atoms with E-state index in [4.69, 9.17) is 4.74 Å². The summed E-state index contributed by atoms with van der Waals surface area (Å²) in [4.78, 5) is 12.2. The second kappa shape index (κ2) is 4.84. The Kier molecular flexibility index (Phi) is 3.17. The number of methoxy groups -OCH3 is 1. The highest BCUT2D eigenvalue weighted by Gasteiger charge is 2.28. The molecular weight excluding hydrogens is 236 g/mol. The third-order valence-corrected chi connectivity index (χ3v) is 4.52. The van der Waals surface area contributed by atoms with Crippen molar-refractivity contribution in [3.05, 3.63) is 34.9 Å². The standard InChI is InChI=1S/C17H20O2/c1-11-8-13-6-7-14(19-2)9-16(13)15(11)10-17(18)12-4-3-5-12/h6-7,9,12H,3-5,8,10H2,1-2H3. The molecule has 0 saturated heterocycles. The van der Waals surface area contributed by atoms with Gasteiger partial charge in [0.1, 0.15) is 11.5 Å². The van der Waals surface area contributed by atoms with Crippen LogP contribution in [0.2, 0.25) is 0 Å². The molecule has 0 N–H and O–H groups in total. The Morgan fingerprint density at radius 3 is 2.79 bits per heavy atom. The Labute approximate surface area is 114 Å². The van der Waals surface area contributed by atoms with Crippen molar-refractivity contribution >= 4 is 11.4 Å². The number of benzene rings is 1. The number of carbonyl (C=O) groups is 1. The minimum atomic E-state index is 0.329. The van der Waals surface area contributed by atoms with Crippen LogP contribution in [-0.2, 0) is 11.2 Å². The second-order valence-electron chi connectivity index (χ2n) is 5.73. The van der Waals surface area contributed by atoms with E-state index in [2.05, 4.69) is 19.1 Å². The summed E-state index contributed by atoms with van der Waals surface area (Å²) in [7, 11) is 1.69. The molecule has 19 heavy (non-hydrogen) atoms. The Balaban J connectivity index is 1.85. The largest absolute Gasteiger partial charge is 0.497 e. The number of hydrogen-bond donors (Lipinski definition) is 0. The SMILES string of the molecule is COc1ccc2c(c1)C(CC(=O)C1CCC1)=C(C)C2. The summed E-state index contributed by atoms with van der Waals surface area (Å²) < 4.78 is 5.30. The number of ketones is 1. The normalized spacial score (nSPS) is 18.2. The van der Waals surface area contributed by atoms with Gasteiger partial charge in [-0.3, -0.25) is 4.79 Å². The summed E-state index contributed by atoms with van der Waals surface area (Å²) in [6.45, 7) is 2.15. The molecule has 0 amide bonds. The molecule has 0 unspecified atom stereocenters. The van der Waals surface area contributed by atoms with E-state index < -0.39 is 0 Å². The van der Waals surface area contributed by atoms with Gasteiger partial charge in [0.25, 0.3) is 0 Å². The van der Waals surface area contributed by atoms with E-state index in [0.717, 1.165) is 25.0 Å². The summed E-state index contributed by atoms with van der Waals surface area (Å²) in [5, 5.41) is 0. The van der Waals surface area contributed by atoms with Gasteiger partial charge >= 0.3 is 0 Å². The molecular formula is C17H20O2. The molecule has 3 rings (SSSR count). The van der Waals surface area contributed by atoms with E-state index >= 15 is 0 Å². The van der Waals surface area contributed by atoms with Crippen LogP contribution in [0, 0.1) is 5.92 Å². The molecule has 100 valence electrons. The van der Waals surface area contributed by atoms with E-state index in [9.17, 15) is 4.79 Å². The molecule has 2 heteroatoms. The lowest BCUT2D eigenvalue weighted by Gasteiger charge is -2.24. The van der Waals surface area contributed by atoms with Crippen LogP contribution in [0.3, 0.4) is 0 Å². The van der Waals surface area contributed by atoms with Crippen LogP contribution in [-0.4, -0.2) is 12.9 Å². The van der Waals surface area contributed by atoms with Crippen LogP contribution in [0.5, 0.6) is 5.75 Å². The van der Waals surface area contributed by atoms with Gasteiger partial charge in [-0.2, -0.15) is 0 Å². The molecule has 1 fully saturated rings. The molecule has 0 heterocycles. The zero-order valence-corrected chi connectivity index (χ0v) is 11.7. The number of rotatable bonds is 4. The van der Waals surface area contributed by atoms with Crippen molar-refractivity contribution in [3.63, 3.8) is 0 Å². The Morgan fingerprint density at radius 1 is 1.37 bits per heavy atom. The maximum atomic E-state index is 12.2. The molecule has 0 bridgehead atoms. The number of ether oxygens (including phenoxy) is 1. The quantitative estimate of drug-likeness (QED) is 0.819. The molecule has 0 atom stereocenters. The lowest BCUT2D eigenvalue weighted by atomic mass is 9.79. The zero-order chi connectivity index (χ0) is 13.4. The molecule has 0 radical (unpaired) electrons. The first-order chi connectivity index (χ1) is 9.19. The average molecular weight is 256 g/mol. The van der Waals surface area contributed by atoms with Crippen molar-refractivity contribution in [1.29, 1.82) is 0 Å². The van der Waals surface area contributed by atoms with Gasteiger partial charge in [0.15, 0.2) is 0 Å². The molecule has 0 spiro atoms.